The molecule has 0 radical (unpaired) electrons. The molecule has 0 aliphatic carbocycles. The molecule has 7 heteroatoms. The van der Waals surface area contributed by atoms with E-state index < -0.39 is 0 Å². The Morgan fingerprint density at radius 2 is 2.05 bits per heavy atom. The Hall–Kier alpha value is -2.46. The minimum absolute atomic E-state index is 0.122. The average molecular weight is 298 g/mol. The largest absolute Gasteiger partial charge is 0.354 e. The van der Waals surface area contributed by atoms with E-state index in [2.05, 4.69) is 37.9 Å². The van der Waals surface area contributed by atoms with Crippen LogP contribution in [0.25, 0.3) is 0 Å². The van der Waals surface area contributed by atoms with Crippen molar-refractivity contribution in [2.45, 2.75) is 19.9 Å². The third kappa shape index (κ3) is 2.92. The van der Waals surface area contributed by atoms with Crippen molar-refractivity contribution in [2.75, 3.05) is 31.1 Å². The van der Waals surface area contributed by atoms with Crippen molar-refractivity contribution in [1.29, 1.82) is 5.26 Å². The number of hydrogen-bond donors (Lipinski definition) is 0. The summed E-state index contributed by atoms with van der Waals surface area (Å²) >= 11 is 0. The number of aryl methyl sites for hydroxylation is 1. The van der Waals surface area contributed by atoms with E-state index in [4.69, 9.17) is 9.78 Å². The molecule has 3 heterocycles. The van der Waals surface area contributed by atoms with Gasteiger partial charge in [-0.2, -0.15) is 10.2 Å². The van der Waals surface area contributed by atoms with E-state index in [9.17, 15) is 0 Å². The first-order valence-corrected chi connectivity index (χ1v) is 7.33. The smallest absolute Gasteiger partial charge is 0.243 e. The van der Waals surface area contributed by atoms with Gasteiger partial charge < -0.3 is 9.42 Å². The predicted octanol–water partition coefficient (Wildman–Crippen LogP) is 1.53. The van der Waals surface area contributed by atoms with Gasteiger partial charge in [0.2, 0.25) is 5.89 Å². The number of aromatic nitrogens is 3. The van der Waals surface area contributed by atoms with E-state index in [1.54, 1.807) is 12.3 Å². The number of rotatable bonds is 3. The van der Waals surface area contributed by atoms with Crippen LogP contribution in [0.15, 0.2) is 22.9 Å². The lowest BCUT2D eigenvalue weighted by Gasteiger charge is -2.37. The van der Waals surface area contributed by atoms with Crippen LogP contribution >= 0.6 is 0 Å². The number of nitrogens with zero attached hydrogens (tertiary/aromatic N) is 6. The fourth-order valence-corrected chi connectivity index (χ4v) is 2.62. The van der Waals surface area contributed by atoms with Crippen LogP contribution in [0.5, 0.6) is 0 Å². The standard InChI is InChI=1S/C15H18N6O/c1-11(15-18-12(2)19-22-15)20-5-7-21(8-6-20)14-4-3-13(9-16)10-17-14/h3-4,10-11H,5-8H2,1-2H3/t11-/m0/s1. The zero-order valence-corrected chi connectivity index (χ0v) is 12.7. The minimum atomic E-state index is 0.122. The Kier molecular flexibility index (Phi) is 4.02. The van der Waals surface area contributed by atoms with Gasteiger partial charge in [-0.3, -0.25) is 4.90 Å². The number of hydrogen-bond acceptors (Lipinski definition) is 7. The van der Waals surface area contributed by atoms with Gasteiger partial charge in [-0.25, -0.2) is 4.98 Å². The monoisotopic (exact) mass is 298 g/mol. The number of anilines is 1. The summed E-state index contributed by atoms with van der Waals surface area (Å²) < 4.78 is 5.26. The number of pyridine rings is 1. The Morgan fingerprint density at radius 1 is 1.27 bits per heavy atom. The Balaban J connectivity index is 1.61. The molecule has 22 heavy (non-hydrogen) atoms. The highest BCUT2D eigenvalue weighted by Crippen LogP contribution is 2.22. The van der Waals surface area contributed by atoms with E-state index in [-0.39, 0.29) is 6.04 Å². The molecule has 1 aliphatic heterocycles. The molecule has 1 atom stereocenters. The van der Waals surface area contributed by atoms with Crippen LogP contribution in [-0.4, -0.2) is 46.2 Å². The zero-order chi connectivity index (χ0) is 15.5. The molecule has 1 fully saturated rings. The molecule has 2 aromatic heterocycles. The molecule has 1 aliphatic rings. The molecular weight excluding hydrogens is 280 g/mol. The average Bonchev–Trinajstić information content (AvgIpc) is 3.01. The molecular formula is C15H18N6O. The van der Waals surface area contributed by atoms with Crippen LogP contribution in [0.2, 0.25) is 0 Å². The molecule has 2 aromatic rings. The van der Waals surface area contributed by atoms with Crippen molar-refractivity contribution in [3.8, 4) is 6.07 Å². The van der Waals surface area contributed by atoms with Crippen molar-refractivity contribution in [3.05, 3.63) is 35.6 Å². The SMILES string of the molecule is Cc1noc([C@H](C)N2CCN(c3ccc(C#N)cn3)CC2)n1. The Morgan fingerprint density at radius 3 is 2.59 bits per heavy atom. The summed E-state index contributed by atoms with van der Waals surface area (Å²) in [5, 5.41) is 12.7. The molecule has 0 aromatic carbocycles. The topological polar surface area (TPSA) is 82.1 Å². The van der Waals surface area contributed by atoms with Gasteiger partial charge in [-0.15, -0.1) is 0 Å². The maximum Gasteiger partial charge on any atom is 0.243 e. The van der Waals surface area contributed by atoms with Crippen LogP contribution in [0.4, 0.5) is 5.82 Å². The van der Waals surface area contributed by atoms with Gasteiger partial charge in [0.1, 0.15) is 11.9 Å². The molecule has 0 spiro atoms. The van der Waals surface area contributed by atoms with Gasteiger partial charge in [0, 0.05) is 32.4 Å². The van der Waals surface area contributed by atoms with Gasteiger partial charge >= 0.3 is 0 Å². The lowest BCUT2D eigenvalue weighted by atomic mass is 10.2. The van der Waals surface area contributed by atoms with Crippen LogP contribution in [0.1, 0.15) is 30.2 Å². The summed E-state index contributed by atoms with van der Waals surface area (Å²) in [6.07, 6.45) is 1.62. The van der Waals surface area contributed by atoms with Crippen LogP contribution in [-0.2, 0) is 0 Å². The van der Waals surface area contributed by atoms with Gasteiger partial charge in [-0.1, -0.05) is 5.16 Å². The molecule has 0 bridgehead atoms. The highest BCUT2D eigenvalue weighted by molar-refractivity contribution is 5.42. The molecule has 3 rings (SSSR count). The Labute approximate surface area is 129 Å². The van der Waals surface area contributed by atoms with Crippen LogP contribution < -0.4 is 4.90 Å². The quantitative estimate of drug-likeness (QED) is 0.849. The van der Waals surface area contributed by atoms with E-state index in [1.807, 2.05) is 13.0 Å². The number of piperazine rings is 1. The molecule has 7 nitrogen and oxygen atoms in total. The summed E-state index contributed by atoms with van der Waals surface area (Å²) in [5.41, 5.74) is 0.586. The van der Waals surface area contributed by atoms with Crippen LogP contribution in [0.3, 0.4) is 0 Å². The lowest BCUT2D eigenvalue weighted by molar-refractivity contribution is 0.164. The fraction of sp³-hybridized carbons (Fsp3) is 0.467. The third-order valence-electron chi connectivity index (χ3n) is 3.96. The summed E-state index contributed by atoms with van der Waals surface area (Å²) in [6, 6.07) is 5.92. The molecule has 0 N–H and O–H groups in total. The number of nitriles is 1. The third-order valence-corrected chi connectivity index (χ3v) is 3.96. The summed E-state index contributed by atoms with van der Waals surface area (Å²) in [6.45, 7) is 7.50. The van der Waals surface area contributed by atoms with Gasteiger partial charge in [-0.05, 0) is 26.0 Å². The van der Waals surface area contributed by atoms with E-state index >= 15 is 0 Å². The van der Waals surface area contributed by atoms with E-state index in [0.29, 0.717) is 17.3 Å². The van der Waals surface area contributed by atoms with Gasteiger partial charge in [0.15, 0.2) is 5.82 Å². The van der Waals surface area contributed by atoms with Crippen molar-refractivity contribution in [1.82, 2.24) is 20.0 Å². The second kappa shape index (κ2) is 6.12. The maximum atomic E-state index is 8.81. The summed E-state index contributed by atoms with van der Waals surface area (Å²) in [7, 11) is 0. The second-order valence-electron chi connectivity index (χ2n) is 5.40. The maximum absolute atomic E-state index is 8.81. The molecule has 0 amide bonds. The normalized spacial score (nSPS) is 17.2. The van der Waals surface area contributed by atoms with Crippen molar-refractivity contribution in [3.63, 3.8) is 0 Å². The molecule has 1 saturated heterocycles. The fourth-order valence-electron chi connectivity index (χ4n) is 2.62. The first-order chi connectivity index (χ1) is 10.7. The van der Waals surface area contributed by atoms with Crippen molar-refractivity contribution in [2.24, 2.45) is 0 Å². The summed E-state index contributed by atoms with van der Waals surface area (Å²) in [4.78, 5) is 13.2. The van der Waals surface area contributed by atoms with Gasteiger partial charge in [0.05, 0.1) is 11.6 Å². The molecule has 114 valence electrons. The highest BCUT2D eigenvalue weighted by atomic mass is 16.5. The molecule has 0 saturated carbocycles. The summed E-state index contributed by atoms with van der Waals surface area (Å²) in [5.74, 6) is 2.25. The van der Waals surface area contributed by atoms with E-state index in [0.717, 1.165) is 32.0 Å². The molecule has 0 unspecified atom stereocenters. The highest BCUT2D eigenvalue weighted by Gasteiger charge is 2.25. The van der Waals surface area contributed by atoms with Crippen molar-refractivity contribution < 1.29 is 4.52 Å². The zero-order valence-electron chi connectivity index (χ0n) is 12.7. The van der Waals surface area contributed by atoms with E-state index in [1.165, 1.54) is 0 Å². The lowest BCUT2D eigenvalue weighted by Crippen LogP contribution is -2.47. The second-order valence-corrected chi connectivity index (χ2v) is 5.40. The van der Waals surface area contributed by atoms with Crippen molar-refractivity contribution >= 4 is 5.82 Å². The van der Waals surface area contributed by atoms with Crippen LogP contribution in [0, 0.1) is 18.3 Å². The Bertz CT molecular complexity index is 666. The minimum Gasteiger partial charge on any atom is -0.354 e. The van der Waals surface area contributed by atoms with Gasteiger partial charge in [0.25, 0.3) is 0 Å². The first kappa shape index (κ1) is 14.5. The predicted molar refractivity (Wildman–Crippen MR) is 80.2 cm³/mol. The first-order valence-electron chi connectivity index (χ1n) is 7.33.